The third-order valence-corrected chi connectivity index (χ3v) is 0.840. The molecule has 0 fully saturated rings. The highest BCUT2D eigenvalue weighted by Crippen LogP contribution is 2.11. The Bertz CT molecular complexity index is 201. The van der Waals surface area contributed by atoms with Crippen LogP contribution >= 0.6 is 0 Å². The predicted molar refractivity (Wildman–Crippen MR) is 42.7 cm³/mol. The van der Waals surface area contributed by atoms with E-state index in [2.05, 4.69) is 24.9 Å². The first-order valence-corrected chi connectivity index (χ1v) is 2.76. The summed E-state index contributed by atoms with van der Waals surface area (Å²) >= 11 is 0. The molecular weight excluding hydrogens is 129 g/mol. The number of rotatable bonds is 3. The number of hydrogen-bond donors (Lipinski definition) is 0. The minimum Gasteiger partial charge on any atom is -0.262 e. The van der Waals surface area contributed by atoms with Gasteiger partial charge in [-0.1, -0.05) is 18.7 Å². The molecule has 0 N–H and O–H groups in total. The molecule has 0 heterocycles. The van der Waals surface area contributed by atoms with Crippen molar-refractivity contribution in [3.8, 4) is 0 Å². The average molecular weight is 139 g/mol. The lowest BCUT2D eigenvalue weighted by molar-refractivity contribution is 0.649. The fraction of sp³-hybridized carbons (Fsp3) is 0.125. The maximum Gasteiger partial charge on any atom is 0.148 e. The normalized spacial score (nSPS) is 10.8. The molecule has 0 saturated heterocycles. The van der Waals surface area contributed by atoms with Crippen molar-refractivity contribution in [3.63, 3.8) is 0 Å². The lowest BCUT2D eigenvalue weighted by Crippen LogP contribution is -1.76. The predicted octanol–water partition coefficient (Wildman–Crippen LogP) is 2.63. The highest BCUT2D eigenvalue weighted by molar-refractivity contribution is 5.36. The van der Waals surface area contributed by atoms with Gasteiger partial charge in [-0.25, -0.2) is 4.39 Å². The maximum atomic E-state index is 12.6. The first kappa shape index (κ1) is 8.82. The monoisotopic (exact) mass is 139 g/mol. The fourth-order valence-corrected chi connectivity index (χ4v) is 0.375. The largest absolute Gasteiger partial charge is 0.262 e. The van der Waals surface area contributed by atoms with Crippen molar-refractivity contribution in [2.45, 2.75) is 6.92 Å². The van der Waals surface area contributed by atoms with Gasteiger partial charge in [0.1, 0.15) is 5.83 Å². The molecule has 0 aliphatic heterocycles. The summed E-state index contributed by atoms with van der Waals surface area (Å²) in [6.07, 6.45) is 1.26. The number of aliphatic imine (C=N–C) groups is 1. The summed E-state index contributed by atoms with van der Waals surface area (Å²) in [6, 6.07) is 0. The lowest BCUT2D eigenvalue weighted by atomic mass is 10.3. The zero-order valence-electron chi connectivity index (χ0n) is 6.02. The summed E-state index contributed by atoms with van der Waals surface area (Å²) in [5.41, 5.74) is 0.672. The van der Waals surface area contributed by atoms with E-state index in [1.807, 2.05) is 0 Å². The molecule has 0 atom stereocenters. The van der Waals surface area contributed by atoms with E-state index in [1.165, 1.54) is 6.08 Å². The van der Waals surface area contributed by atoms with Crippen LogP contribution in [0.5, 0.6) is 0 Å². The van der Waals surface area contributed by atoms with Gasteiger partial charge in [-0.15, -0.1) is 0 Å². The van der Waals surface area contributed by atoms with Gasteiger partial charge in [0.05, 0.1) is 5.70 Å². The van der Waals surface area contributed by atoms with Crippen LogP contribution in [0, 0.1) is 0 Å². The summed E-state index contributed by atoms with van der Waals surface area (Å²) in [5, 5.41) is 0. The Morgan fingerprint density at radius 1 is 1.50 bits per heavy atom. The Morgan fingerprint density at radius 3 is 2.30 bits per heavy atom. The summed E-state index contributed by atoms with van der Waals surface area (Å²) in [5.74, 6) is -0.484. The third kappa shape index (κ3) is 2.97. The maximum absolute atomic E-state index is 12.6. The zero-order chi connectivity index (χ0) is 8.15. The van der Waals surface area contributed by atoms with Gasteiger partial charge >= 0.3 is 0 Å². The number of halogens is 1. The quantitative estimate of drug-likeness (QED) is 0.421. The molecule has 0 aromatic rings. The van der Waals surface area contributed by atoms with Gasteiger partial charge in [0.15, 0.2) is 0 Å². The van der Waals surface area contributed by atoms with Crippen molar-refractivity contribution in [2.75, 3.05) is 0 Å². The first-order chi connectivity index (χ1) is 4.57. The van der Waals surface area contributed by atoms with Crippen molar-refractivity contribution in [2.24, 2.45) is 4.99 Å². The van der Waals surface area contributed by atoms with Crippen LogP contribution in [0.3, 0.4) is 0 Å². The third-order valence-electron chi connectivity index (χ3n) is 0.840. The van der Waals surface area contributed by atoms with E-state index < -0.39 is 5.83 Å². The van der Waals surface area contributed by atoms with Gasteiger partial charge in [0, 0.05) is 0 Å². The van der Waals surface area contributed by atoms with Crippen LogP contribution in [0.15, 0.2) is 41.3 Å². The second-order valence-corrected chi connectivity index (χ2v) is 1.94. The van der Waals surface area contributed by atoms with Gasteiger partial charge in [0.2, 0.25) is 0 Å². The molecule has 0 rings (SSSR count). The van der Waals surface area contributed by atoms with E-state index in [1.54, 1.807) is 6.92 Å². The van der Waals surface area contributed by atoms with E-state index in [4.69, 9.17) is 0 Å². The average Bonchev–Trinajstić information content (AvgIpc) is 1.85. The minimum atomic E-state index is -0.484. The molecule has 0 aliphatic carbocycles. The molecule has 0 saturated carbocycles. The fourth-order valence-electron chi connectivity index (χ4n) is 0.375. The van der Waals surface area contributed by atoms with Crippen LogP contribution in [0.1, 0.15) is 6.92 Å². The number of nitrogens with zero attached hydrogens (tertiary/aromatic N) is 1. The Morgan fingerprint density at radius 2 is 2.00 bits per heavy atom. The lowest BCUT2D eigenvalue weighted by Gasteiger charge is -1.92. The van der Waals surface area contributed by atoms with Crippen molar-refractivity contribution < 1.29 is 4.39 Å². The van der Waals surface area contributed by atoms with Crippen LogP contribution in [0.25, 0.3) is 0 Å². The topological polar surface area (TPSA) is 12.4 Å². The van der Waals surface area contributed by atoms with E-state index in [-0.39, 0.29) is 5.70 Å². The Balaban J connectivity index is 4.33. The van der Waals surface area contributed by atoms with Crippen LogP contribution in [-0.4, -0.2) is 6.72 Å². The molecule has 1 nitrogen and oxygen atoms in total. The van der Waals surface area contributed by atoms with Gasteiger partial charge in [0.25, 0.3) is 0 Å². The van der Waals surface area contributed by atoms with Crippen molar-refractivity contribution in [3.05, 3.63) is 36.3 Å². The minimum absolute atomic E-state index is 0.0444. The van der Waals surface area contributed by atoms with Gasteiger partial charge in [-0.2, -0.15) is 0 Å². The molecule has 0 aromatic heterocycles. The smallest absolute Gasteiger partial charge is 0.148 e. The van der Waals surface area contributed by atoms with Crippen molar-refractivity contribution >= 4 is 6.72 Å². The molecule has 2 heteroatoms. The van der Waals surface area contributed by atoms with Crippen LogP contribution in [-0.2, 0) is 0 Å². The highest BCUT2D eigenvalue weighted by atomic mass is 19.1. The highest BCUT2D eigenvalue weighted by Gasteiger charge is 1.95. The summed E-state index contributed by atoms with van der Waals surface area (Å²) < 4.78 is 12.6. The summed E-state index contributed by atoms with van der Waals surface area (Å²) in [6.45, 7) is 11.6. The van der Waals surface area contributed by atoms with Crippen molar-refractivity contribution in [1.29, 1.82) is 0 Å². The van der Waals surface area contributed by atoms with Crippen molar-refractivity contribution in [1.82, 2.24) is 0 Å². The van der Waals surface area contributed by atoms with Crippen LogP contribution < -0.4 is 0 Å². The molecule has 0 bridgehead atoms. The molecule has 0 amide bonds. The first-order valence-electron chi connectivity index (χ1n) is 2.76. The van der Waals surface area contributed by atoms with Crippen LogP contribution in [0.4, 0.5) is 4.39 Å². The van der Waals surface area contributed by atoms with Gasteiger partial charge < -0.3 is 0 Å². The summed E-state index contributed by atoms with van der Waals surface area (Å²) in [4.78, 5) is 3.31. The number of hydrogen-bond acceptors (Lipinski definition) is 1. The van der Waals surface area contributed by atoms with E-state index in [0.29, 0.717) is 5.57 Å². The molecule has 0 unspecified atom stereocenters. The Kier molecular flexibility index (Phi) is 3.33. The molecule has 10 heavy (non-hydrogen) atoms. The standard InChI is InChI=1S/C8H10FN/c1-6(2)5-8(9)7(3)10-4/h5H,1,3-4H2,2H3. The zero-order valence-corrected chi connectivity index (χ0v) is 6.02. The van der Waals surface area contributed by atoms with E-state index in [0.717, 1.165) is 0 Å². The Labute approximate surface area is 60.3 Å². The second-order valence-electron chi connectivity index (χ2n) is 1.94. The molecule has 0 aliphatic rings. The Hall–Kier alpha value is -1.18. The SMILES string of the molecule is C=NC(=C)C(F)=CC(=C)C. The van der Waals surface area contributed by atoms with Crippen LogP contribution in [0.2, 0.25) is 0 Å². The molecule has 0 spiro atoms. The molecular formula is C8H10FN. The second kappa shape index (κ2) is 3.77. The van der Waals surface area contributed by atoms with Gasteiger partial charge in [-0.05, 0) is 19.7 Å². The van der Waals surface area contributed by atoms with E-state index in [9.17, 15) is 4.39 Å². The number of allylic oxidation sites excluding steroid dienone is 3. The molecule has 0 radical (unpaired) electrons. The molecule has 0 aromatic carbocycles. The molecule has 54 valence electrons. The summed E-state index contributed by atoms with van der Waals surface area (Å²) in [7, 11) is 0. The van der Waals surface area contributed by atoms with Gasteiger partial charge in [-0.3, -0.25) is 4.99 Å². The van der Waals surface area contributed by atoms with E-state index >= 15 is 0 Å².